The molecule has 0 heterocycles. The Balaban J connectivity index is 2.07. The highest BCUT2D eigenvalue weighted by Gasteiger charge is 2.18. The molecule has 0 spiro atoms. The second-order valence-electron chi connectivity index (χ2n) is 4.94. The zero-order valence-electron chi connectivity index (χ0n) is 12.6. The normalized spacial score (nSPS) is 11.6. The van der Waals surface area contributed by atoms with Crippen molar-refractivity contribution in [3.05, 3.63) is 63.2 Å². The highest BCUT2D eigenvalue weighted by Crippen LogP contribution is 2.29. The van der Waals surface area contributed by atoms with E-state index in [1.165, 1.54) is 18.2 Å². The number of aryl methyl sites for hydroxylation is 1. The molecule has 1 N–H and O–H groups in total. The maximum Gasteiger partial charge on any atom is 0.271 e. The molecule has 1 amide bonds. The third-order valence-electron chi connectivity index (χ3n) is 3.20. The summed E-state index contributed by atoms with van der Waals surface area (Å²) in [5.74, 6) is -0.126. The molecule has 0 aliphatic heterocycles. The topological polar surface area (TPSA) is 81.5 Å². The zero-order valence-corrected chi connectivity index (χ0v) is 13.3. The van der Waals surface area contributed by atoms with Gasteiger partial charge in [-0.2, -0.15) is 0 Å². The van der Waals surface area contributed by atoms with E-state index in [1.807, 2.05) is 25.1 Å². The first-order valence-electron chi connectivity index (χ1n) is 6.85. The standard InChI is InChI=1S/C16H15ClN2O4/c1-10-5-3-4-6-14(10)18-16(20)11(2)23-15-8-7-12(19(21)22)9-13(15)17/h3-9,11H,1-2H3,(H,18,20). The van der Waals surface area contributed by atoms with Gasteiger partial charge in [0.15, 0.2) is 6.10 Å². The first-order chi connectivity index (χ1) is 10.9. The van der Waals surface area contributed by atoms with Crippen LogP contribution >= 0.6 is 11.6 Å². The molecular weight excluding hydrogens is 320 g/mol. The van der Waals surface area contributed by atoms with Crippen LogP contribution in [0.1, 0.15) is 12.5 Å². The molecule has 0 aliphatic rings. The molecule has 0 aromatic heterocycles. The lowest BCUT2D eigenvalue weighted by atomic mass is 10.2. The lowest BCUT2D eigenvalue weighted by Crippen LogP contribution is -2.30. The number of carbonyl (C=O) groups excluding carboxylic acids is 1. The average Bonchev–Trinajstić information content (AvgIpc) is 2.51. The number of nitro benzene ring substituents is 1. The average molecular weight is 335 g/mol. The van der Waals surface area contributed by atoms with Crippen molar-refractivity contribution in [2.24, 2.45) is 0 Å². The first kappa shape index (κ1) is 16.8. The quantitative estimate of drug-likeness (QED) is 0.662. The third-order valence-corrected chi connectivity index (χ3v) is 3.50. The molecule has 0 fully saturated rings. The van der Waals surface area contributed by atoms with Gasteiger partial charge in [-0.25, -0.2) is 0 Å². The predicted molar refractivity (Wildman–Crippen MR) is 88.0 cm³/mol. The molecule has 7 heteroatoms. The van der Waals surface area contributed by atoms with Crippen molar-refractivity contribution in [2.75, 3.05) is 5.32 Å². The van der Waals surface area contributed by atoms with Crippen molar-refractivity contribution in [3.8, 4) is 5.75 Å². The van der Waals surface area contributed by atoms with E-state index in [0.717, 1.165) is 5.56 Å². The van der Waals surface area contributed by atoms with Gasteiger partial charge in [0.2, 0.25) is 0 Å². The highest BCUT2D eigenvalue weighted by molar-refractivity contribution is 6.32. The molecule has 6 nitrogen and oxygen atoms in total. The van der Waals surface area contributed by atoms with Gasteiger partial charge in [0.1, 0.15) is 5.75 Å². The Morgan fingerprint density at radius 1 is 1.30 bits per heavy atom. The molecule has 23 heavy (non-hydrogen) atoms. The lowest BCUT2D eigenvalue weighted by Gasteiger charge is -2.16. The molecule has 0 saturated heterocycles. The second kappa shape index (κ2) is 7.11. The number of para-hydroxylation sites is 1. The van der Waals surface area contributed by atoms with E-state index in [2.05, 4.69) is 5.32 Å². The van der Waals surface area contributed by atoms with Crippen molar-refractivity contribution in [3.63, 3.8) is 0 Å². The van der Waals surface area contributed by atoms with Crippen molar-refractivity contribution < 1.29 is 14.5 Å². The summed E-state index contributed by atoms with van der Waals surface area (Å²) < 4.78 is 5.49. The Morgan fingerprint density at radius 3 is 2.61 bits per heavy atom. The summed E-state index contributed by atoms with van der Waals surface area (Å²) in [6, 6.07) is 11.2. The minimum Gasteiger partial charge on any atom is -0.479 e. The largest absolute Gasteiger partial charge is 0.479 e. The van der Waals surface area contributed by atoms with Crippen LogP contribution in [-0.2, 0) is 4.79 Å². The first-order valence-corrected chi connectivity index (χ1v) is 7.23. The minimum atomic E-state index is -0.812. The molecule has 1 atom stereocenters. The van der Waals surface area contributed by atoms with Gasteiger partial charge in [-0.1, -0.05) is 29.8 Å². The van der Waals surface area contributed by atoms with Crippen LogP contribution in [0.5, 0.6) is 5.75 Å². The summed E-state index contributed by atoms with van der Waals surface area (Å²) in [5, 5.41) is 13.5. The van der Waals surface area contributed by atoms with Crippen molar-refractivity contribution in [1.82, 2.24) is 0 Å². The van der Waals surface area contributed by atoms with Crippen LogP contribution in [0.15, 0.2) is 42.5 Å². The second-order valence-corrected chi connectivity index (χ2v) is 5.34. The van der Waals surface area contributed by atoms with Gasteiger partial charge in [-0.15, -0.1) is 0 Å². The molecule has 2 aromatic rings. The van der Waals surface area contributed by atoms with E-state index >= 15 is 0 Å². The number of hydrogen-bond donors (Lipinski definition) is 1. The molecule has 0 radical (unpaired) electrons. The van der Waals surface area contributed by atoms with Gasteiger partial charge in [0.05, 0.1) is 9.95 Å². The van der Waals surface area contributed by atoms with Gasteiger partial charge < -0.3 is 10.1 Å². The minimum absolute atomic E-state index is 0.0785. The number of ether oxygens (including phenoxy) is 1. The molecule has 120 valence electrons. The number of hydrogen-bond acceptors (Lipinski definition) is 4. The summed E-state index contributed by atoms with van der Waals surface area (Å²) >= 11 is 5.95. The van der Waals surface area contributed by atoms with Crippen molar-refractivity contribution in [2.45, 2.75) is 20.0 Å². The number of nitro groups is 1. The fraction of sp³-hybridized carbons (Fsp3) is 0.188. The third kappa shape index (κ3) is 4.20. The number of carbonyl (C=O) groups is 1. The zero-order chi connectivity index (χ0) is 17.0. The van der Waals surface area contributed by atoms with E-state index in [9.17, 15) is 14.9 Å². The molecular formula is C16H15ClN2O4. The summed E-state index contributed by atoms with van der Waals surface area (Å²) in [6.45, 7) is 3.46. The SMILES string of the molecule is Cc1ccccc1NC(=O)C(C)Oc1ccc([N+](=O)[O-])cc1Cl. The van der Waals surface area contributed by atoms with E-state index in [1.54, 1.807) is 13.0 Å². The van der Waals surface area contributed by atoms with E-state index in [4.69, 9.17) is 16.3 Å². The van der Waals surface area contributed by atoms with Crippen LogP contribution in [0.4, 0.5) is 11.4 Å². The smallest absolute Gasteiger partial charge is 0.271 e. The Kier molecular flexibility index (Phi) is 5.18. The highest BCUT2D eigenvalue weighted by atomic mass is 35.5. The Hall–Kier alpha value is -2.60. The maximum absolute atomic E-state index is 12.2. The van der Waals surface area contributed by atoms with Crippen LogP contribution in [0.3, 0.4) is 0 Å². The number of benzene rings is 2. The fourth-order valence-electron chi connectivity index (χ4n) is 1.89. The number of nitrogens with zero attached hydrogens (tertiary/aromatic N) is 1. The van der Waals surface area contributed by atoms with Gasteiger partial charge in [0, 0.05) is 17.8 Å². The Bertz CT molecular complexity index is 749. The van der Waals surface area contributed by atoms with Crippen LogP contribution in [-0.4, -0.2) is 16.9 Å². The van der Waals surface area contributed by atoms with Crippen LogP contribution in [0.25, 0.3) is 0 Å². The number of halogens is 1. The molecule has 2 aromatic carbocycles. The monoisotopic (exact) mass is 334 g/mol. The van der Waals surface area contributed by atoms with Crippen molar-refractivity contribution in [1.29, 1.82) is 0 Å². The van der Waals surface area contributed by atoms with E-state index < -0.39 is 11.0 Å². The van der Waals surface area contributed by atoms with Crippen LogP contribution in [0.2, 0.25) is 5.02 Å². The van der Waals surface area contributed by atoms with E-state index in [-0.39, 0.29) is 22.4 Å². The number of nitrogens with one attached hydrogen (secondary N) is 1. The molecule has 2 rings (SSSR count). The number of non-ortho nitro benzene ring substituents is 1. The number of amides is 1. The summed E-state index contributed by atoms with van der Waals surface area (Å²) in [7, 11) is 0. The molecule has 1 unspecified atom stereocenters. The van der Waals surface area contributed by atoms with Gasteiger partial charge in [-0.3, -0.25) is 14.9 Å². The van der Waals surface area contributed by atoms with Crippen molar-refractivity contribution >= 4 is 28.9 Å². The predicted octanol–water partition coefficient (Wildman–Crippen LogP) is 3.96. The van der Waals surface area contributed by atoms with Gasteiger partial charge >= 0.3 is 0 Å². The summed E-state index contributed by atoms with van der Waals surface area (Å²) in [6.07, 6.45) is -0.812. The Labute approximate surface area is 138 Å². The Morgan fingerprint density at radius 2 is 2.00 bits per heavy atom. The molecule has 0 bridgehead atoms. The summed E-state index contributed by atoms with van der Waals surface area (Å²) in [4.78, 5) is 22.3. The maximum atomic E-state index is 12.2. The van der Waals surface area contributed by atoms with Crippen LogP contribution < -0.4 is 10.1 Å². The molecule has 0 saturated carbocycles. The van der Waals surface area contributed by atoms with Gasteiger partial charge in [0.25, 0.3) is 11.6 Å². The number of rotatable bonds is 5. The lowest BCUT2D eigenvalue weighted by molar-refractivity contribution is -0.384. The summed E-state index contributed by atoms with van der Waals surface area (Å²) in [5.41, 5.74) is 1.49. The van der Waals surface area contributed by atoms with Gasteiger partial charge in [-0.05, 0) is 31.5 Å². The number of anilines is 1. The fourth-order valence-corrected chi connectivity index (χ4v) is 2.11. The van der Waals surface area contributed by atoms with Crippen LogP contribution in [0, 0.1) is 17.0 Å². The van der Waals surface area contributed by atoms with E-state index in [0.29, 0.717) is 5.69 Å². The molecule has 0 aliphatic carbocycles.